The fourth-order valence-electron chi connectivity index (χ4n) is 4.34. The standard InChI is InChI=1S/C21H17F3N4O2S/c22-21(23,24)13-3-4-17(27-10-13)30-16-9-12-8-15(16)28(11-12)20(29)18-14(2-1-5-25-18)19-26-6-7-31-19/h1-7,10,12,15-16H,8-9,11H2/t12-,15+,16-/m1/s1. The van der Waals surface area contributed by atoms with Crippen molar-refractivity contribution in [2.45, 2.75) is 31.2 Å². The van der Waals surface area contributed by atoms with Gasteiger partial charge in [-0.3, -0.25) is 9.78 Å². The van der Waals surface area contributed by atoms with Crippen LogP contribution in [0.2, 0.25) is 0 Å². The molecule has 1 aliphatic heterocycles. The SMILES string of the molecule is O=C(c1ncccc1-c1nccs1)N1C[C@H]2C[C@@H](Oc3ccc(C(F)(F)F)cn3)[C@@H]1C2. The van der Waals surface area contributed by atoms with E-state index in [0.29, 0.717) is 17.8 Å². The molecule has 6 nitrogen and oxygen atoms in total. The molecule has 1 aliphatic carbocycles. The van der Waals surface area contributed by atoms with E-state index >= 15 is 0 Å². The van der Waals surface area contributed by atoms with Crippen LogP contribution in [0.1, 0.15) is 28.9 Å². The molecule has 3 aromatic rings. The number of carbonyl (C=O) groups excluding carboxylic acids is 1. The first kappa shape index (κ1) is 19.9. The Bertz CT molecular complexity index is 1090. The van der Waals surface area contributed by atoms with Gasteiger partial charge >= 0.3 is 6.18 Å². The molecule has 2 fully saturated rings. The minimum atomic E-state index is -4.45. The molecule has 2 aliphatic rings. The summed E-state index contributed by atoms with van der Waals surface area (Å²) in [5.74, 6) is 0.215. The van der Waals surface area contributed by atoms with Crippen molar-refractivity contribution in [2.75, 3.05) is 6.54 Å². The molecule has 0 N–H and O–H groups in total. The Morgan fingerprint density at radius 1 is 1.13 bits per heavy atom. The Kier molecular flexibility index (Phi) is 4.88. The first-order valence-corrected chi connectivity index (χ1v) is 10.6. The molecule has 0 unspecified atom stereocenters. The van der Waals surface area contributed by atoms with Crippen molar-refractivity contribution < 1.29 is 22.7 Å². The molecular weight excluding hydrogens is 429 g/mol. The molecule has 2 bridgehead atoms. The minimum Gasteiger partial charge on any atom is -0.472 e. The van der Waals surface area contributed by atoms with E-state index in [1.165, 1.54) is 17.4 Å². The van der Waals surface area contributed by atoms with Crippen LogP contribution in [0.3, 0.4) is 0 Å². The molecule has 3 aromatic heterocycles. The first-order chi connectivity index (χ1) is 14.9. The Morgan fingerprint density at radius 3 is 2.68 bits per heavy atom. The van der Waals surface area contributed by atoms with Crippen LogP contribution in [0.5, 0.6) is 5.88 Å². The molecule has 160 valence electrons. The van der Waals surface area contributed by atoms with Crippen LogP contribution in [0, 0.1) is 5.92 Å². The third kappa shape index (κ3) is 3.76. The lowest BCUT2D eigenvalue weighted by molar-refractivity contribution is -0.137. The second-order valence-electron chi connectivity index (χ2n) is 7.64. The summed E-state index contributed by atoms with van der Waals surface area (Å²) in [6, 6.07) is 5.60. The van der Waals surface area contributed by atoms with E-state index in [1.54, 1.807) is 23.4 Å². The second kappa shape index (κ2) is 7.60. The van der Waals surface area contributed by atoms with E-state index in [1.807, 2.05) is 11.4 Å². The molecule has 0 aromatic carbocycles. The molecule has 3 atom stereocenters. The number of piperidine rings is 1. The highest BCUT2D eigenvalue weighted by molar-refractivity contribution is 7.13. The van der Waals surface area contributed by atoms with E-state index in [2.05, 4.69) is 15.0 Å². The quantitative estimate of drug-likeness (QED) is 0.598. The monoisotopic (exact) mass is 446 g/mol. The average Bonchev–Trinajstić information content (AvgIpc) is 3.50. The number of hydrogen-bond donors (Lipinski definition) is 0. The number of fused-ring (bicyclic) bond motifs is 2. The molecule has 1 amide bonds. The maximum atomic E-state index is 13.3. The van der Waals surface area contributed by atoms with Gasteiger partial charge in [-0.1, -0.05) is 0 Å². The summed E-state index contributed by atoms with van der Waals surface area (Å²) in [4.78, 5) is 27.5. The van der Waals surface area contributed by atoms with Gasteiger partial charge in [-0.25, -0.2) is 9.97 Å². The topological polar surface area (TPSA) is 68.2 Å². The van der Waals surface area contributed by atoms with E-state index in [4.69, 9.17) is 4.74 Å². The highest BCUT2D eigenvalue weighted by Crippen LogP contribution is 2.41. The number of amides is 1. The Balaban J connectivity index is 1.35. The maximum absolute atomic E-state index is 13.3. The van der Waals surface area contributed by atoms with Gasteiger partial charge in [0.25, 0.3) is 5.91 Å². The van der Waals surface area contributed by atoms with Gasteiger partial charge in [0, 0.05) is 42.1 Å². The number of rotatable bonds is 4. The van der Waals surface area contributed by atoms with Gasteiger partial charge in [0.1, 0.15) is 16.8 Å². The van der Waals surface area contributed by atoms with Crippen LogP contribution in [0.25, 0.3) is 10.6 Å². The van der Waals surface area contributed by atoms with Crippen molar-refractivity contribution in [2.24, 2.45) is 5.92 Å². The number of hydrogen-bond acceptors (Lipinski definition) is 6. The zero-order valence-corrected chi connectivity index (χ0v) is 16.9. The fourth-order valence-corrected chi connectivity index (χ4v) is 5.00. The van der Waals surface area contributed by atoms with Gasteiger partial charge in [-0.05, 0) is 37.0 Å². The molecule has 0 spiro atoms. The third-order valence-electron chi connectivity index (χ3n) is 5.69. The summed E-state index contributed by atoms with van der Waals surface area (Å²) >= 11 is 1.44. The van der Waals surface area contributed by atoms with Crippen LogP contribution in [-0.4, -0.2) is 44.4 Å². The van der Waals surface area contributed by atoms with Gasteiger partial charge in [-0.15, -0.1) is 11.3 Å². The Hall–Kier alpha value is -3.01. The molecule has 10 heteroatoms. The highest BCUT2D eigenvalue weighted by atomic mass is 32.1. The summed E-state index contributed by atoms with van der Waals surface area (Å²) in [5.41, 5.74) is 0.206. The number of nitrogens with zero attached hydrogens (tertiary/aromatic N) is 4. The molecular formula is C21H17F3N4O2S. The number of carbonyl (C=O) groups is 1. The zero-order valence-electron chi connectivity index (χ0n) is 16.1. The van der Waals surface area contributed by atoms with Crippen molar-refractivity contribution in [3.63, 3.8) is 0 Å². The molecule has 31 heavy (non-hydrogen) atoms. The molecule has 1 saturated carbocycles. The number of likely N-dealkylation sites (tertiary alicyclic amines) is 1. The maximum Gasteiger partial charge on any atom is 0.417 e. The number of halogens is 3. The summed E-state index contributed by atoms with van der Waals surface area (Å²) in [5, 5.41) is 2.57. The van der Waals surface area contributed by atoms with Gasteiger partial charge in [-0.2, -0.15) is 13.2 Å². The van der Waals surface area contributed by atoms with Gasteiger partial charge in [0.15, 0.2) is 0 Å². The number of pyridine rings is 2. The normalized spacial score (nSPS) is 22.7. The lowest BCUT2D eigenvalue weighted by atomic mass is 10.1. The van der Waals surface area contributed by atoms with Gasteiger partial charge in [0.2, 0.25) is 5.88 Å². The Labute approximate surface area is 179 Å². The van der Waals surface area contributed by atoms with Gasteiger partial charge in [0.05, 0.1) is 11.6 Å². The molecule has 5 rings (SSSR count). The number of ether oxygens (including phenoxy) is 1. The summed E-state index contributed by atoms with van der Waals surface area (Å²) in [6.07, 6.45) is 0.783. The Morgan fingerprint density at radius 2 is 2.00 bits per heavy atom. The lowest BCUT2D eigenvalue weighted by Crippen LogP contribution is -2.47. The van der Waals surface area contributed by atoms with Crippen molar-refractivity contribution in [3.05, 3.63) is 59.5 Å². The number of thiazole rings is 1. The highest BCUT2D eigenvalue weighted by Gasteiger charge is 2.49. The van der Waals surface area contributed by atoms with Crippen LogP contribution in [0.4, 0.5) is 13.2 Å². The van der Waals surface area contributed by atoms with Gasteiger partial charge < -0.3 is 9.64 Å². The van der Waals surface area contributed by atoms with Crippen LogP contribution in [-0.2, 0) is 6.18 Å². The van der Waals surface area contributed by atoms with Crippen molar-refractivity contribution in [3.8, 4) is 16.5 Å². The smallest absolute Gasteiger partial charge is 0.417 e. The summed E-state index contributed by atoms with van der Waals surface area (Å²) in [7, 11) is 0. The van der Waals surface area contributed by atoms with Crippen molar-refractivity contribution in [1.29, 1.82) is 0 Å². The van der Waals surface area contributed by atoms with Crippen molar-refractivity contribution >= 4 is 17.2 Å². The van der Waals surface area contributed by atoms with Crippen LogP contribution < -0.4 is 4.74 Å². The third-order valence-corrected chi connectivity index (χ3v) is 6.50. The van der Waals surface area contributed by atoms with Crippen molar-refractivity contribution in [1.82, 2.24) is 19.9 Å². The molecule has 0 radical (unpaired) electrons. The predicted octanol–water partition coefficient (Wildman–Crippen LogP) is 4.30. The predicted molar refractivity (Wildman–Crippen MR) is 107 cm³/mol. The van der Waals surface area contributed by atoms with E-state index in [0.717, 1.165) is 30.1 Å². The second-order valence-corrected chi connectivity index (χ2v) is 8.53. The largest absolute Gasteiger partial charge is 0.472 e. The first-order valence-electron chi connectivity index (χ1n) is 9.76. The number of alkyl halides is 3. The summed E-state index contributed by atoms with van der Waals surface area (Å²) in [6.45, 7) is 0.609. The van der Waals surface area contributed by atoms with Crippen LogP contribution in [0.15, 0.2) is 48.2 Å². The molecule has 4 heterocycles. The lowest BCUT2D eigenvalue weighted by Gasteiger charge is -2.33. The number of aromatic nitrogens is 3. The fraction of sp³-hybridized carbons (Fsp3) is 0.333. The van der Waals surface area contributed by atoms with E-state index in [9.17, 15) is 18.0 Å². The zero-order chi connectivity index (χ0) is 21.6. The van der Waals surface area contributed by atoms with Crippen LogP contribution >= 0.6 is 11.3 Å². The van der Waals surface area contributed by atoms with E-state index in [-0.39, 0.29) is 29.9 Å². The molecule has 1 saturated heterocycles. The van der Waals surface area contributed by atoms with E-state index < -0.39 is 11.7 Å². The summed E-state index contributed by atoms with van der Waals surface area (Å²) < 4.78 is 44.1. The minimum absolute atomic E-state index is 0.124. The average molecular weight is 446 g/mol.